The number of nitrogens with one attached hydrogen (secondary N) is 1. The van der Waals surface area contributed by atoms with Gasteiger partial charge in [-0.3, -0.25) is 4.79 Å². The van der Waals surface area contributed by atoms with E-state index in [-0.39, 0.29) is 11.6 Å². The van der Waals surface area contributed by atoms with E-state index in [0.717, 1.165) is 14.9 Å². The average molecular weight is 340 g/mol. The molecule has 19 heavy (non-hydrogen) atoms. The molecule has 1 atom stereocenters. The number of halogens is 1. The van der Waals surface area contributed by atoms with E-state index in [0.29, 0.717) is 10.9 Å². The second kappa shape index (κ2) is 5.90. The Hall–Kier alpha value is -1.11. The van der Waals surface area contributed by atoms with E-state index in [4.69, 9.17) is 5.73 Å². The van der Waals surface area contributed by atoms with Gasteiger partial charge in [-0.05, 0) is 31.5 Å². The summed E-state index contributed by atoms with van der Waals surface area (Å²) in [6, 6.07) is 7.37. The minimum atomic E-state index is -0.138. The zero-order valence-corrected chi connectivity index (χ0v) is 13.0. The quantitative estimate of drug-likeness (QED) is 0.843. The van der Waals surface area contributed by atoms with Crippen LogP contribution in [0.25, 0.3) is 0 Å². The summed E-state index contributed by atoms with van der Waals surface area (Å²) < 4.78 is 0.961. The number of H-pyrrole nitrogens is 1. The molecule has 0 saturated carbocycles. The van der Waals surface area contributed by atoms with Crippen LogP contribution >= 0.6 is 27.7 Å². The van der Waals surface area contributed by atoms with Crippen LogP contribution in [0.5, 0.6) is 0 Å². The Morgan fingerprint density at radius 3 is 2.74 bits per heavy atom. The van der Waals surface area contributed by atoms with Crippen molar-refractivity contribution in [2.75, 3.05) is 0 Å². The molecule has 2 rings (SSSR count). The molecule has 0 unspecified atom stereocenters. The van der Waals surface area contributed by atoms with Crippen LogP contribution < -0.4 is 11.3 Å². The predicted octanol–water partition coefficient (Wildman–Crippen LogP) is 3.01. The molecule has 0 radical (unpaired) electrons. The number of aryl methyl sites for hydroxylation is 1. The molecule has 0 amide bonds. The molecule has 100 valence electrons. The third-order valence-electron chi connectivity index (χ3n) is 2.53. The zero-order valence-electron chi connectivity index (χ0n) is 10.6. The van der Waals surface area contributed by atoms with E-state index in [1.165, 1.54) is 17.8 Å². The van der Waals surface area contributed by atoms with Crippen molar-refractivity contribution < 1.29 is 0 Å². The third kappa shape index (κ3) is 3.68. The van der Waals surface area contributed by atoms with Gasteiger partial charge in [0.15, 0.2) is 5.16 Å². The molecule has 1 aromatic carbocycles. The smallest absolute Gasteiger partial charge is 0.251 e. The van der Waals surface area contributed by atoms with Gasteiger partial charge < -0.3 is 10.7 Å². The van der Waals surface area contributed by atoms with Crippen molar-refractivity contribution in [2.24, 2.45) is 5.73 Å². The lowest BCUT2D eigenvalue weighted by molar-refractivity contribution is 0.811. The third-order valence-corrected chi connectivity index (χ3v) is 4.09. The van der Waals surface area contributed by atoms with Gasteiger partial charge in [0, 0.05) is 27.2 Å². The number of hydrogen-bond donors (Lipinski definition) is 2. The standard InChI is InChI=1S/C13H14BrN3OS/c1-7-5-12(18)17-13(16-7)19-9-3-4-10(8(2)15)11(14)6-9/h3-6,8H,15H2,1-2H3,(H,16,17,18)/t8-/m1/s1. The lowest BCUT2D eigenvalue weighted by Crippen LogP contribution is -2.08. The summed E-state index contributed by atoms with van der Waals surface area (Å²) in [5.74, 6) is 0. The summed E-state index contributed by atoms with van der Waals surface area (Å²) in [4.78, 5) is 19.4. The van der Waals surface area contributed by atoms with E-state index >= 15 is 0 Å². The number of rotatable bonds is 3. The number of aromatic nitrogens is 2. The molecule has 0 fully saturated rings. The average Bonchev–Trinajstić information content (AvgIpc) is 2.26. The number of hydrogen-bond acceptors (Lipinski definition) is 4. The summed E-state index contributed by atoms with van der Waals surface area (Å²) in [6.45, 7) is 3.74. The normalized spacial score (nSPS) is 12.4. The second-order valence-electron chi connectivity index (χ2n) is 4.27. The van der Waals surface area contributed by atoms with Crippen molar-refractivity contribution >= 4 is 27.7 Å². The molecule has 0 aliphatic heterocycles. The molecule has 0 bridgehead atoms. The molecular weight excluding hydrogens is 326 g/mol. The lowest BCUT2D eigenvalue weighted by Gasteiger charge is -2.10. The number of benzene rings is 1. The number of aromatic amines is 1. The van der Waals surface area contributed by atoms with E-state index < -0.39 is 0 Å². The van der Waals surface area contributed by atoms with Crippen LogP contribution in [0.2, 0.25) is 0 Å². The van der Waals surface area contributed by atoms with Gasteiger partial charge in [0.2, 0.25) is 0 Å². The highest BCUT2D eigenvalue weighted by atomic mass is 79.9. The summed E-state index contributed by atoms with van der Waals surface area (Å²) in [5, 5.41) is 0.588. The Labute approximate surface area is 124 Å². The molecule has 6 heteroatoms. The van der Waals surface area contributed by atoms with E-state index in [1.54, 1.807) is 6.92 Å². The molecule has 4 nitrogen and oxygen atoms in total. The molecule has 2 aromatic rings. The predicted molar refractivity (Wildman–Crippen MR) is 80.5 cm³/mol. The van der Waals surface area contributed by atoms with Crippen LogP contribution in [0.4, 0.5) is 0 Å². The van der Waals surface area contributed by atoms with Crippen LogP contribution in [0.1, 0.15) is 24.2 Å². The lowest BCUT2D eigenvalue weighted by atomic mass is 10.1. The second-order valence-corrected chi connectivity index (χ2v) is 6.18. The molecule has 1 aromatic heterocycles. The summed E-state index contributed by atoms with van der Waals surface area (Å²) in [7, 11) is 0. The first-order valence-electron chi connectivity index (χ1n) is 5.76. The SMILES string of the molecule is Cc1cc(=O)[nH]c(Sc2ccc([C@@H](C)N)c(Br)c2)n1. The molecule has 0 aliphatic carbocycles. The van der Waals surface area contributed by atoms with Gasteiger partial charge in [-0.1, -0.05) is 33.8 Å². The first-order chi connectivity index (χ1) is 8.95. The maximum absolute atomic E-state index is 11.4. The van der Waals surface area contributed by atoms with Crippen molar-refractivity contribution in [3.05, 3.63) is 50.3 Å². The number of nitrogens with zero attached hydrogens (tertiary/aromatic N) is 1. The highest BCUT2D eigenvalue weighted by Crippen LogP contribution is 2.30. The Morgan fingerprint density at radius 2 is 2.16 bits per heavy atom. The van der Waals surface area contributed by atoms with Crippen molar-refractivity contribution in [1.82, 2.24) is 9.97 Å². The molecule has 0 saturated heterocycles. The highest BCUT2D eigenvalue weighted by Gasteiger charge is 2.07. The van der Waals surface area contributed by atoms with E-state index in [9.17, 15) is 4.79 Å². The van der Waals surface area contributed by atoms with E-state index in [2.05, 4.69) is 25.9 Å². The first-order valence-corrected chi connectivity index (χ1v) is 7.37. The van der Waals surface area contributed by atoms with Crippen LogP contribution in [0.3, 0.4) is 0 Å². The van der Waals surface area contributed by atoms with E-state index in [1.807, 2.05) is 25.1 Å². The molecule has 1 heterocycles. The summed E-state index contributed by atoms with van der Waals surface area (Å²) in [6.07, 6.45) is 0. The fourth-order valence-corrected chi connectivity index (χ4v) is 3.42. The Bertz CT molecular complexity index is 655. The van der Waals surface area contributed by atoms with Gasteiger partial charge in [-0.15, -0.1) is 0 Å². The Kier molecular flexibility index (Phi) is 4.44. The van der Waals surface area contributed by atoms with Crippen LogP contribution in [0.15, 0.2) is 43.6 Å². The van der Waals surface area contributed by atoms with Crippen LogP contribution in [-0.2, 0) is 0 Å². The summed E-state index contributed by atoms with van der Waals surface area (Å²) >= 11 is 4.92. The van der Waals surface area contributed by atoms with Gasteiger partial charge in [0.25, 0.3) is 5.56 Å². The molecule has 0 spiro atoms. The van der Waals surface area contributed by atoms with Crippen LogP contribution in [-0.4, -0.2) is 9.97 Å². The molecule has 3 N–H and O–H groups in total. The highest BCUT2D eigenvalue weighted by molar-refractivity contribution is 9.10. The fraction of sp³-hybridized carbons (Fsp3) is 0.231. The molecule has 0 aliphatic rings. The largest absolute Gasteiger partial charge is 0.324 e. The fourth-order valence-electron chi connectivity index (χ4n) is 1.65. The van der Waals surface area contributed by atoms with Crippen LogP contribution in [0, 0.1) is 6.92 Å². The van der Waals surface area contributed by atoms with Crippen molar-refractivity contribution in [3.8, 4) is 0 Å². The van der Waals surface area contributed by atoms with Crippen molar-refractivity contribution in [3.63, 3.8) is 0 Å². The van der Waals surface area contributed by atoms with Gasteiger partial charge in [0.05, 0.1) is 0 Å². The topological polar surface area (TPSA) is 71.8 Å². The molecular formula is C13H14BrN3OS. The van der Waals surface area contributed by atoms with Gasteiger partial charge in [-0.2, -0.15) is 0 Å². The maximum Gasteiger partial charge on any atom is 0.251 e. The zero-order chi connectivity index (χ0) is 14.0. The van der Waals surface area contributed by atoms with Crippen molar-refractivity contribution in [2.45, 2.75) is 29.9 Å². The number of nitrogens with two attached hydrogens (primary N) is 1. The minimum Gasteiger partial charge on any atom is -0.324 e. The van der Waals surface area contributed by atoms with Gasteiger partial charge in [0.1, 0.15) is 0 Å². The van der Waals surface area contributed by atoms with Crippen molar-refractivity contribution in [1.29, 1.82) is 0 Å². The Balaban J connectivity index is 2.29. The first kappa shape index (κ1) is 14.3. The maximum atomic E-state index is 11.4. The van der Waals surface area contributed by atoms with Gasteiger partial charge in [-0.25, -0.2) is 4.98 Å². The Morgan fingerprint density at radius 1 is 1.42 bits per heavy atom. The monoisotopic (exact) mass is 339 g/mol. The minimum absolute atomic E-state index is 0.0228. The van der Waals surface area contributed by atoms with Gasteiger partial charge >= 0.3 is 0 Å². The summed E-state index contributed by atoms with van der Waals surface area (Å²) in [5.41, 5.74) is 7.48.